The van der Waals surface area contributed by atoms with Gasteiger partial charge < -0.3 is 9.67 Å². The van der Waals surface area contributed by atoms with Crippen molar-refractivity contribution in [2.24, 2.45) is 5.41 Å². The second-order valence-corrected chi connectivity index (χ2v) is 7.32. The zero-order valence-electron chi connectivity index (χ0n) is 11.3. The van der Waals surface area contributed by atoms with Gasteiger partial charge in [0.1, 0.15) is 0 Å². The fraction of sp³-hybridized carbons (Fsp3) is 0.636. The maximum Gasteiger partial charge on any atom is 0.356 e. The fourth-order valence-electron chi connectivity index (χ4n) is 1.54. The van der Waals surface area contributed by atoms with Gasteiger partial charge in [0, 0.05) is 19.3 Å². The zero-order valence-corrected chi connectivity index (χ0v) is 12.1. The van der Waals surface area contributed by atoms with E-state index in [-0.39, 0.29) is 23.4 Å². The molecule has 0 aliphatic rings. The van der Waals surface area contributed by atoms with Crippen molar-refractivity contribution in [2.45, 2.75) is 27.3 Å². The Morgan fingerprint density at radius 1 is 1.47 bits per heavy atom. The summed E-state index contributed by atoms with van der Waals surface area (Å²) in [7, 11) is -3.32. The van der Waals surface area contributed by atoms with Crippen molar-refractivity contribution in [3.8, 4) is 0 Å². The zero-order chi connectivity index (χ0) is 14.7. The van der Waals surface area contributed by atoms with Crippen LogP contribution in [0.5, 0.6) is 0 Å². The van der Waals surface area contributed by atoms with Crippen LogP contribution < -0.4 is 4.72 Å². The Morgan fingerprint density at radius 2 is 2.11 bits per heavy atom. The highest BCUT2D eigenvalue weighted by Gasteiger charge is 2.20. The normalized spacial score (nSPS) is 12.6. The van der Waals surface area contributed by atoms with E-state index in [0.29, 0.717) is 6.54 Å². The Hall–Kier alpha value is -1.41. The van der Waals surface area contributed by atoms with Gasteiger partial charge in [0.25, 0.3) is 0 Å². The van der Waals surface area contributed by atoms with Crippen LogP contribution in [0.4, 0.5) is 0 Å². The van der Waals surface area contributed by atoms with E-state index in [1.807, 2.05) is 20.8 Å². The van der Waals surface area contributed by atoms with Crippen molar-refractivity contribution in [3.63, 3.8) is 0 Å². The number of hydrogen-bond donors (Lipinski definition) is 2. The minimum Gasteiger partial charge on any atom is -0.476 e. The summed E-state index contributed by atoms with van der Waals surface area (Å²) < 4.78 is 27.4. The molecular formula is C11H19N3O4S. The molecule has 0 bridgehead atoms. The Kier molecular flexibility index (Phi) is 4.70. The highest BCUT2D eigenvalue weighted by atomic mass is 32.2. The molecule has 0 aromatic carbocycles. The maximum atomic E-state index is 11.7. The topological polar surface area (TPSA) is 101 Å². The molecular weight excluding hydrogens is 270 g/mol. The molecule has 1 aromatic rings. The first-order valence-electron chi connectivity index (χ1n) is 5.81. The van der Waals surface area contributed by atoms with Crippen LogP contribution in [0, 0.1) is 5.41 Å². The summed E-state index contributed by atoms with van der Waals surface area (Å²) >= 11 is 0. The summed E-state index contributed by atoms with van der Waals surface area (Å²) in [5.41, 5.74) is -0.366. The van der Waals surface area contributed by atoms with Crippen LogP contribution in [0.15, 0.2) is 12.5 Å². The van der Waals surface area contributed by atoms with Crippen molar-refractivity contribution in [2.75, 3.05) is 12.3 Å². The number of aromatic carboxylic acids is 1. The van der Waals surface area contributed by atoms with E-state index in [0.717, 1.165) is 0 Å². The van der Waals surface area contributed by atoms with Gasteiger partial charge in [-0.3, -0.25) is 0 Å². The van der Waals surface area contributed by atoms with Gasteiger partial charge >= 0.3 is 5.97 Å². The standard InChI is InChI=1S/C11H19N3O4S/c1-11(2,3)7-19(17,18)13-4-5-14-6-9(10(15)16)12-8-14/h6,8,13H,4-5,7H2,1-3H3,(H,15,16). The molecule has 0 atom stereocenters. The fourth-order valence-corrected chi connectivity index (χ4v) is 3.19. The van der Waals surface area contributed by atoms with Crippen LogP contribution >= 0.6 is 0 Å². The smallest absolute Gasteiger partial charge is 0.356 e. The van der Waals surface area contributed by atoms with Crippen LogP contribution in [0.25, 0.3) is 0 Å². The third kappa shape index (κ3) is 5.84. The molecule has 8 heteroatoms. The SMILES string of the molecule is CC(C)(C)CS(=O)(=O)NCCn1cnc(C(=O)O)c1. The molecule has 1 rings (SSSR count). The lowest BCUT2D eigenvalue weighted by Gasteiger charge is -2.18. The molecule has 7 nitrogen and oxygen atoms in total. The van der Waals surface area contributed by atoms with Crippen LogP contribution in [-0.4, -0.2) is 41.3 Å². The average molecular weight is 289 g/mol. The van der Waals surface area contributed by atoms with Crippen molar-refractivity contribution in [1.29, 1.82) is 0 Å². The Labute approximate surface area is 112 Å². The summed E-state index contributed by atoms with van der Waals surface area (Å²) in [4.78, 5) is 14.3. The average Bonchev–Trinajstić information content (AvgIpc) is 2.61. The van der Waals surface area contributed by atoms with E-state index in [9.17, 15) is 13.2 Å². The second kappa shape index (κ2) is 5.70. The van der Waals surface area contributed by atoms with Crippen LogP contribution in [0.3, 0.4) is 0 Å². The number of imidazole rings is 1. The Morgan fingerprint density at radius 3 is 2.58 bits per heavy atom. The van der Waals surface area contributed by atoms with Gasteiger partial charge in [-0.05, 0) is 5.41 Å². The van der Waals surface area contributed by atoms with E-state index in [1.165, 1.54) is 17.1 Å². The van der Waals surface area contributed by atoms with E-state index in [2.05, 4.69) is 9.71 Å². The predicted molar refractivity (Wildman–Crippen MR) is 70.4 cm³/mol. The molecule has 19 heavy (non-hydrogen) atoms. The first-order valence-corrected chi connectivity index (χ1v) is 7.47. The van der Waals surface area contributed by atoms with Crippen molar-refractivity contribution in [3.05, 3.63) is 18.2 Å². The van der Waals surface area contributed by atoms with Crippen molar-refractivity contribution >= 4 is 16.0 Å². The molecule has 0 saturated heterocycles. The van der Waals surface area contributed by atoms with E-state index in [1.54, 1.807) is 0 Å². The first-order chi connectivity index (χ1) is 8.59. The minimum absolute atomic E-state index is 0.0459. The second-order valence-electron chi connectivity index (χ2n) is 5.52. The van der Waals surface area contributed by atoms with Gasteiger partial charge in [-0.25, -0.2) is 22.9 Å². The lowest BCUT2D eigenvalue weighted by atomic mass is 10.0. The number of carboxylic acids is 1. The minimum atomic E-state index is -3.32. The molecule has 0 aliphatic carbocycles. The van der Waals surface area contributed by atoms with Gasteiger partial charge in [-0.1, -0.05) is 20.8 Å². The summed E-state index contributed by atoms with van der Waals surface area (Å²) in [6.45, 7) is 6.08. The van der Waals surface area contributed by atoms with Crippen molar-refractivity contribution in [1.82, 2.24) is 14.3 Å². The summed E-state index contributed by atoms with van der Waals surface area (Å²) in [6, 6.07) is 0. The van der Waals surface area contributed by atoms with E-state index >= 15 is 0 Å². The lowest BCUT2D eigenvalue weighted by molar-refractivity contribution is 0.0691. The van der Waals surface area contributed by atoms with Gasteiger partial charge in [-0.2, -0.15) is 0 Å². The molecule has 0 saturated carbocycles. The monoisotopic (exact) mass is 289 g/mol. The number of nitrogens with one attached hydrogen (secondary N) is 1. The van der Waals surface area contributed by atoms with E-state index in [4.69, 9.17) is 5.11 Å². The number of aromatic nitrogens is 2. The summed E-state index contributed by atoms with van der Waals surface area (Å²) in [6.07, 6.45) is 2.72. The maximum absolute atomic E-state index is 11.7. The van der Waals surface area contributed by atoms with Gasteiger partial charge in [0.2, 0.25) is 10.0 Å². The molecule has 0 spiro atoms. The van der Waals surface area contributed by atoms with Crippen molar-refractivity contribution < 1.29 is 18.3 Å². The number of nitrogens with zero attached hydrogens (tertiary/aromatic N) is 2. The Balaban J connectivity index is 2.47. The number of carboxylic acid groups (broad SMARTS) is 1. The third-order valence-corrected chi connectivity index (χ3v) is 4.06. The lowest BCUT2D eigenvalue weighted by Crippen LogP contribution is -2.34. The van der Waals surface area contributed by atoms with Crippen LogP contribution in [0.2, 0.25) is 0 Å². The molecule has 108 valence electrons. The van der Waals surface area contributed by atoms with Crippen LogP contribution in [-0.2, 0) is 16.6 Å². The molecule has 1 heterocycles. The number of rotatable bonds is 6. The van der Waals surface area contributed by atoms with E-state index < -0.39 is 16.0 Å². The third-order valence-electron chi connectivity index (χ3n) is 2.17. The first kappa shape index (κ1) is 15.6. The van der Waals surface area contributed by atoms with Gasteiger partial charge in [-0.15, -0.1) is 0 Å². The number of carbonyl (C=O) groups is 1. The predicted octanol–water partition coefficient (Wildman–Crippen LogP) is 0.547. The molecule has 0 aliphatic heterocycles. The molecule has 1 aromatic heterocycles. The van der Waals surface area contributed by atoms with Crippen LogP contribution in [0.1, 0.15) is 31.3 Å². The number of sulfonamides is 1. The summed E-state index contributed by atoms with van der Waals surface area (Å²) in [5, 5.41) is 8.69. The molecule has 2 N–H and O–H groups in total. The number of hydrogen-bond acceptors (Lipinski definition) is 4. The van der Waals surface area contributed by atoms with Gasteiger partial charge in [0.15, 0.2) is 5.69 Å². The Bertz CT molecular complexity index is 543. The molecule has 0 unspecified atom stereocenters. The molecule has 0 fully saturated rings. The van der Waals surface area contributed by atoms with Gasteiger partial charge in [0.05, 0.1) is 12.1 Å². The largest absolute Gasteiger partial charge is 0.476 e. The highest BCUT2D eigenvalue weighted by molar-refractivity contribution is 7.89. The summed E-state index contributed by atoms with van der Waals surface area (Å²) in [5.74, 6) is -1.06. The molecule has 0 radical (unpaired) electrons. The highest BCUT2D eigenvalue weighted by Crippen LogP contribution is 2.15. The molecule has 0 amide bonds. The quantitative estimate of drug-likeness (QED) is 0.796.